The van der Waals surface area contributed by atoms with Gasteiger partial charge in [0.05, 0.1) is 0 Å². The Morgan fingerprint density at radius 2 is 1.25 bits per heavy atom. The Kier molecular flexibility index (Phi) is 2.20. The molecule has 4 atom stereocenters. The molecule has 1 aromatic carbocycles. The van der Waals surface area contributed by atoms with Crippen molar-refractivity contribution in [3.8, 4) is 0 Å². The molecule has 0 aromatic heterocycles. The number of rotatable bonds is 2. The molecule has 2 saturated heterocycles. The van der Waals surface area contributed by atoms with Crippen molar-refractivity contribution in [1.82, 2.24) is 0 Å². The van der Waals surface area contributed by atoms with Gasteiger partial charge in [0.1, 0.15) is 0 Å². The van der Waals surface area contributed by atoms with Gasteiger partial charge in [-0.15, -0.1) is 0 Å². The fourth-order valence-electron chi connectivity index (χ4n) is 4.24. The lowest BCUT2D eigenvalue weighted by atomic mass is 9.70. The van der Waals surface area contributed by atoms with Gasteiger partial charge in [-0.2, -0.15) is 0 Å². The summed E-state index contributed by atoms with van der Waals surface area (Å²) in [7, 11) is 0. The summed E-state index contributed by atoms with van der Waals surface area (Å²) in [6.07, 6.45) is 7.23. The number of epoxide rings is 2. The monoisotopic (exact) mass is 326 g/mol. The molecule has 122 valence electrons. The van der Waals surface area contributed by atoms with Crippen molar-refractivity contribution < 1.29 is 28.5 Å². The molecule has 6 nitrogen and oxygen atoms in total. The third kappa shape index (κ3) is 1.21. The number of fused-ring (bicyclic) bond motifs is 3. The summed E-state index contributed by atoms with van der Waals surface area (Å²) in [6, 6.07) is 7.24. The third-order valence-corrected chi connectivity index (χ3v) is 5.04. The Labute approximate surface area is 137 Å². The van der Waals surface area contributed by atoms with Crippen LogP contribution in [0.1, 0.15) is 25.0 Å². The summed E-state index contributed by atoms with van der Waals surface area (Å²) >= 11 is 0. The van der Waals surface area contributed by atoms with Gasteiger partial charge in [-0.05, 0) is 12.2 Å². The minimum Gasteiger partial charge on any atom is -0.425 e. The first-order chi connectivity index (χ1) is 11.4. The van der Waals surface area contributed by atoms with Crippen LogP contribution in [0.3, 0.4) is 0 Å². The lowest BCUT2D eigenvalue weighted by molar-refractivity contribution is -0.162. The Balaban J connectivity index is 1.80. The van der Waals surface area contributed by atoms with Crippen LogP contribution in [0.4, 0.5) is 0 Å². The average Bonchev–Trinajstić information content (AvgIpc) is 3.36. The molecule has 24 heavy (non-hydrogen) atoms. The second kappa shape index (κ2) is 3.79. The van der Waals surface area contributed by atoms with Gasteiger partial charge in [-0.3, -0.25) is 9.59 Å². The lowest BCUT2D eigenvalue weighted by Crippen LogP contribution is -2.49. The minimum absolute atomic E-state index is 0.458. The SMILES string of the molecule is CC(=O)OC12OC13C=CC=CC31OC1(OC(C)=O)c1ccccc12. The molecule has 6 heteroatoms. The van der Waals surface area contributed by atoms with Gasteiger partial charge in [0.2, 0.25) is 11.2 Å². The summed E-state index contributed by atoms with van der Waals surface area (Å²) in [5.41, 5.74) is -0.807. The average molecular weight is 326 g/mol. The van der Waals surface area contributed by atoms with Crippen LogP contribution in [0.25, 0.3) is 0 Å². The van der Waals surface area contributed by atoms with E-state index in [4.69, 9.17) is 18.9 Å². The molecule has 0 bridgehead atoms. The van der Waals surface area contributed by atoms with E-state index >= 15 is 0 Å². The van der Waals surface area contributed by atoms with Crippen LogP contribution in [-0.4, -0.2) is 23.1 Å². The first-order valence-corrected chi connectivity index (χ1v) is 7.70. The van der Waals surface area contributed by atoms with Crippen molar-refractivity contribution >= 4 is 11.9 Å². The molecule has 0 radical (unpaired) electrons. The van der Waals surface area contributed by atoms with Gasteiger partial charge in [0.15, 0.2) is 0 Å². The number of ether oxygens (including phenoxy) is 4. The molecule has 5 rings (SSSR count). The summed E-state index contributed by atoms with van der Waals surface area (Å²) in [6.45, 7) is 2.67. The zero-order chi connectivity index (χ0) is 16.8. The highest BCUT2D eigenvalue weighted by atomic mass is 16.9. The molecule has 0 N–H and O–H groups in total. The molecule has 2 fully saturated rings. The largest absolute Gasteiger partial charge is 0.425 e. The van der Waals surface area contributed by atoms with Crippen molar-refractivity contribution in [2.75, 3.05) is 0 Å². The molecular weight excluding hydrogens is 312 g/mol. The summed E-state index contributed by atoms with van der Waals surface area (Å²) < 4.78 is 23.3. The first-order valence-electron chi connectivity index (χ1n) is 7.70. The van der Waals surface area contributed by atoms with Crippen molar-refractivity contribution in [2.24, 2.45) is 0 Å². The van der Waals surface area contributed by atoms with E-state index in [-0.39, 0.29) is 0 Å². The fraction of sp³-hybridized carbons (Fsp3) is 0.333. The Bertz CT molecular complexity index is 801. The van der Waals surface area contributed by atoms with E-state index in [9.17, 15) is 9.59 Å². The van der Waals surface area contributed by atoms with Gasteiger partial charge in [-0.1, -0.05) is 36.4 Å². The number of hydrogen-bond acceptors (Lipinski definition) is 6. The second-order valence-electron chi connectivity index (χ2n) is 6.36. The molecule has 4 aliphatic rings. The van der Waals surface area contributed by atoms with Crippen LogP contribution in [0.5, 0.6) is 0 Å². The van der Waals surface area contributed by atoms with Gasteiger partial charge in [0.25, 0.3) is 11.6 Å². The van der Waals surface area contributed by atoms with Crippen molar-refractivity contribution in [2.45, 2.75) is 36.6 Å². The highest BCUT2D eigenvalue weighted by molar-refractivity contribution is 5.73. The van der Waals surface area contributed by atoms with Crippen LogP contribution in [0, 0.1) is 0 Å². The van der Waals surface area contributed by atoms with E-state index in [0.29, 0.717) is 11.1 Å². The van der Waals surface area contributed by atoms with Crippen molar-refractivity contribution in [3.63, 3.8) is 0 Å². The third-order valence-electron chi connectivity index (χ3n) is 5.04. The highest BCUT2D eigenvalue weighted by Crippen LogP contribution is 2.80. The maximum atomic E-state index is 11.7. The number of hydrogen-bond donors (Lipinski definition) is 0. The molecular formula is C18H14O6. The molecule has 0 amide bonds. The summed E-state index contributed by atoms with van der Waals surface area (Å²) in [4.78, 5) is 23.5. The van der Waals surface area contributed by atoms with Crippen molar-refractivity contribution in [3.05, 3.63) is 59.7 Å². The van der Waals surface area contributed by atoms with E-state index in [2.05, 4.69) is 0 Å². The number of esters is 2. The first kappa shape index (κ1) is 13.9. The molecule has 1 aromatic rings. The van der Waals surface area contributed by atoms with Crippen LogP contribution in [-0.2, 0) is 40.1 Å². The van der Waals surface area contributed by atoms with Crippen LogP contribution in [0.2, 0.25) is 0 Å². The van der Waals surface area contributed by atoms with Crippen LogP contribution < -0.4 is 0 Å². The summed E-state index contributed by atoms with van der Waals surface area (Å²) in [5.74, 6) is -3.45. The maximum absolute atomic E-state index is 11.7. The molecule has 2 aliphatic carbocycles. The number of carbonyl (C=O) groups excluding carboxylic acids is 2. The van der Waals surface area contributed by atoms with Gasteiger partial charge >= 0.3 is 11.9 Å². The molecule has 2 heterocycles. The van der Waals surface area contributed by atoms with Gasteiger partial charge in [0, 0.05) is 25.0 Å². The smallest absolute Gasteiger partial charge is 0.305 e. The predicted molar refractivity (Wildman–Crippen MR) is 79.2 cm³/mol. The van der Waals surface area contributed by atoms with E-state index < -0.39 is 34.7 Å². The quantitative estimate of drug-likeness (QED) is 0.609. The Hall–Kier alpha value is -2.44. The Morgan fingerprint density at radius 3 is 1.62 bits per heavy atom. The highest BCUT2D eigenvalue weighted by Gasteiger charge is 2.99. The van der Waals surface area contributed by atoms with E-state index in [1.54, 1.807) is 24.3 Å². The maximum Gasteiger partial charge on any atom is 0.305 e. The minimum atomic E-state index is -1.27. The topological polar surface area (TPSA) is 77.7 Å². The van der Waals surface area contributed by atoms with E-state index in [1.165, 1.54) is 13.8 Å². The fourth-order valence-corrected chi connectivity index (χ4v) is 4.24. The number of benzene rings is 1. The summed E-state index contributed by atoms with van der Waals surface area (Å²) in [5, 5.41) is 0. The van der Waals surface area contributed by atoms with E-state index in [1.807, 2.05) is 24.3 Å². The normalized spacial score (nSPS) is 42.1. The lowest BCUT2D eigenvalue weighted by Gasteiger charge is -2.32. The van der Waals surface area contributed by atoms with Crippen LogP contribution in [0.15, 0.2) is 48.6 Å². The zero-order valence-corrected chi connectivity index (χ0v) is 13.1. The molecule has 4 unspecified atom stereocenters. The second-order valence-corrected chi connectivity index (χ2v) is 6.36. The zero-order valence-electron chi connectivity index (χ0n) is 13.1. The number of carbonyl (C=O) groups is 2. The van der Waals surface area contributed by atoms with E-state index in [0.717, 1.165) is 0 Å². The van der Waals surface area contributed by atoms with Crippen LogP contribution >= 0.6 is 0 Å². The van der Waals surface area contributed by atoms with Gasteiger partial charge < -0.3 is 18.9 Å². The Morgan fingerprint density at radius 1 is 0.833 bits per heavy atom. The van der Waals surface area contributed by atoms with Gasteiger partial charge in [-0.25, -0.2) is 0 Å². The predicted octanol–water partition coefficient (Wildman–Crippen LogP) is 1.80. The molecule has 2 spiro atoms. The molecule has 0 saturated carbocycles. The molecule has 2 aliphatic heterocycles. The standard InChI is InChI=1S/C18H14O6/c1-11(19)21-17-13-7-3-4-8-14(13)18(22-12(2)20)16(24-18)10-6-5-9-15(16,17)23-17/h3-10H,1-2H3. The van der Waals surface area contributed by atoms with Crippen molar-refractivity contribution in [1.29, 1.82) is 0 Å². The number of allylic oxidation sites excluding steroid dienone is 2.